The van der Waals surface area contributed by atoms with Crippen molar-refractivity contribution < 1.29 is 14.3 Å². The Balaban J connectivity index is 0.00000169. The highest BCUT2D eigenvalue weighted by Gasteiger charge is 2.06. The van der Waals surface area contributed by atoms with Crippen LogP contribution < -0.4 is 9.47 Å². The van der Waals surface area contributed by atoms with E-state index in [4.69, 9.17) is 9.47 Å². The molecule has 0 aliphatic rings. The van der Waals surface area contributed by atoms with Gasteiger partial charge in [0.05, 0.1) is 7.11 Å². The monoisotopic (exact) mass is 216 g/mol. The molecule has 1 rings (SSSR count). The molecular formula is C10H13ClO3. The first kappa shape index (κ1) is 12.8. The summed E-state index contributed by atoms with van der Waals surface area (Å²) < 4.78 is 10.0. The SMILES string of the molecule is CCC(=O)Oc1ccccc1OC.Cl. The van der Waals surface area contributed by atoms with Crippen molar-refractivity contribution >= 4 is 18.4 Å². The molecule has 0 bridgehead atoms. The maximum absolute atomic E-state index is 11.0. The van der Waals surface area contributed by atoms with Crippen LogP contribution in [0.1, 0.15) is 13.3 Å². The normalized spacial score (nSPS) is 8.71. The predicted molar refractivity (Wildman–Crippen MR) is 56.2 cm³/mol. The molecule has 0 heterocycles. The smallest absolute Gasteiger partial charge is 0.311 e. The minimum atomic E-state index is -0.260. The fraction of sp³-hybridized carbons (Fsp3) is 0.300. The molecule has 0 unspecified atom stereocenters. The Kier molecular flexibility index (Phi) is 5.72. The fourth-order valence-corrected chi connectivity index (χ4v) is 0.898. The number of halogens is 1. The number of para-hydroxylation sites is 2. The van der Waals surface area contributed by atoms with Crippen molar-refractivity contribution in [2.24, 2.45) is 0 Å². The molecule has 0 fully saturated rings. The number of ether oxygens (including phenoxy) is 2. The lowest BCUT2D eigenvalue weighted by Crippen LogP contribution is -2.06. The highest BCUT2D eigenvalue weighted by molar-refractivity contribution is 5.85. The molecule has 0 aliphatic carbocycles. The van der Waals surface area contributed by atoms with Crippen molar-refractivity contribution in [2.45, 2.75) is 13.3 Å². The lowest BCUT2D eigenvalue weighted by Gasteiger charge is -2.07. The van der Waals surface area contributed by atoms with E-state index in [0.29, 0.717) is 17.9 Å². The van der Waals surface area contributed by atoms with Crippen molar-refractivity contribution in [3.8, 4) is 11.5 Å². The summed E-state index contributed by atoms with van der Waals surface area (Å²) in [4.78, 5) is 11.0. The second-order valence-corrected chi connectivity index (χ2v) is 2.48. The molecule has 0 aromatic heterocycles. The summed E-state index contributed by atoms with van der Waals surface area (Å²) in [5.74, 6) is 0.783. The Labute approximate surface area is 89.4 Å². The van der Waals surface area contributed by atoms with Crippen LogP contribution in [0.25, 0.3) is 0 Å². The first-order chi connectivity index (χ1) is 6.27. The topological polar surface area (TPSA) is 35.5 Å². The van der Waals surface area contributed by atoms with Gasteiger partial charge < -0.3 is 9.47 Å². The standard InChI is InChI=1S/C10H12O3.ClH/c1-3-10(11)13-9-7-5-4-6-8(9)12-2;/h4-7H,3H2,1-2H3;1H. The summed E-state index contributed by atoms with van der Waals surface area (Å²) in [5, 5.41) is 0. The van der Waals surface area contributed by atoms with Gasteiger partial charge in [-0.3, -0.25) is 4.79 Å². The van der Waals surface area contributed by atoms with Gasteiger partial charge in [-0.15, -0.1) is 12.4 Å². The summed E-state index contributed by atoms with van der Waals surface area (Å²) in [6.07, 6.45) is 0.359. The lowest BCUT2D eigenvalue weighted by atomic mass is 10.3. The highest BCUT2D eigenvalue weighted by atomic mass is 35.5. The highest BCUT2D eigenvalue weighted by Crippen LogP contribution is 2.25. The van der Waals surface area contributed by atoms with E-state index < -0.39 is 0 Å². The number of benzene rings is 1. The first-order valence-corrected chi connectivity index (χ1v) is 4.11. The Morgan fingerprint density at radius 3 is 2.36 bits per heavy atom. The molecule has 1 aromatic carbocycles. The molecule has 14 heavy (non-hydrogen) atoms. The number of methoxy groups -OCH3 is 1. The van der Waals surface area contributed by atoms with Crippen LogP contribution in [-0.4, -0.2) is 13.1 Å². The molecule has 78 valence electrons. The Hall–Kier alpha value is -1.22. The van der Waals surface area contributed by atoms with Crippen LogP contribution in [0.5, 0.6) is 11.5 Å². The van der Waals surface area contributed by atoms with Crippen molar-refractivity contribution in [3.05, 3.63) is 24.3 Å². The average molecular weight is 217 g/mol. The van der Waals surface area contributed by atoms with Crippen molar-refractivity contribution in [1.82, 2.24) is 0 Å². The number of esters is 1. The van der Waals surface area contributed by atoms with Gasteiger partial charge >= 0.3 is 5.97 Å². The van der Waals surface area contributed by atoms with Gasteiger partial charge in [-0.25, -0.2) is 0 Å². The Morgan fingerprint density at radius 1 is 1.29 bits per heavy atom. The van der Waals surface area contributed by atoms with E-state index in [9.17, 15) is 4.79 Å². The summed E-state index contributed by atoms with van der Waals surface area (Å²) in [5.41, 5.74) is 0. The first-order valence-electron chi connectivity index (χ1n) is 4.11. The zero-order chi connectivity index (χ0) is 9.68. The predicted octanol–water partition coefficient (Wildman–Crippen LogP) is 2.43. The molecule has 1 aromatic rings. The van der Waals surface area contributed by atoms with Crippen LogP contribution in [0.15, 0.2) is 24.3 Å². The van der Waals surface area contributed by atoms with Crippen LogP contribution in [0.2, 0.25) is 0 Å². The van der Waals surface area contributed by atoms with E-state index in [0.717, 1.165) is 0 Å². The second-order valence-electron chi connectivity index (χ2n) is 2.48. The van der Waals surface area contributed by atoms with Gasteiger partial charge in [-0.2, -0.15) is 0 Å². The van der Waals surface area contributed by atoms with E-state index in [2.05, 4.69) is 0 Å². The van der Waals surface area contributed by atoms with E-state index in [1.165, 1.54) is 0 Å². The number of carbonyl (C=O) groups is 1. The van der Waals surface area contributed by atoms with Crippen LogP contribution in [0, 0.1) is 0 Å². The minimum absolute atomic E-state index is 0. The number of hydrogen-bond acceptors (Lipinski definition) is 3. The average Bonchev–Trinajstić information content (AvgIpc) is 2.18. The zero-order valence-electron chi connectivity index (χ0n) is 8.15. The molecule has 0 aliphatic heterocycles. The third-order valence-corrected chi connectivity index (χ3v) is 1.58. The number of carbonyl (C=O) groups excluding carboxylic acids is 1. The maximum Gasteiger partial charge on any atom is 0.311 e. The quantitative estimate of drug-likeness (QED) is 0.575. The molecule has 4 heteroatoms. The second kappa shape index (κ2) is 6.27. The maximum atomic E-state index is 11.0. The Bertz CT molecular complexity index is 299. The van der Waals surface area contributed by atoms with Crippen molar-refractivity contribution in [2.75, 3.05) is 7.11 Å². The lowest BCUT2D eigenvalue weighted by molar-refractivity contribution is -0.134. The van der Waals surface area contributed by atoms with Crippen molar-refractivity contribution in [3.63, 3.8) is 0 Å². The van der Waals surface area contributed by atoms with Crippen molar-refractivity contribution in [1.29, 1.82) is 0 Å². The number of hydrogen-bond donors (Lipinski definition) is 0. The molecule has 0 N–H and O–H groups in total. The summed E-state index contributed by atoms with van der Waals surface area (Å²) in [7, 11) is 1.54. The third-order valence-electron chi connectivity index (χ3n) is 1.58. The fourth-order valence-electron chi connectivity index (χ4n) is 0.898. The third kappa shape index (κ3) is 3.26. The molecule has 0 saturated heterocycles. The molecule has 0 amide bonds. The van der Waals surface area contributed by atoms with Crippen LogP contribution in [-0.2, 0) is 4.79 Å². The summed E-state index contributed by atoms with van der Waals surface area (Å²) in [6.45, 7) is 1.75. The van der Waals surface area contributed by atoms with Gasteiger partial charge in [0.2, 0.25) is 0 Å². The summed E-state index contributed by atoms with van der Waals surface area (Å²) >= 11 is 0. The van der Waals surface area contributed by atoms with Crippen LogP contribution >= 0.6 is 12.4 Å². The molecule has 0 atom stereocenters. The van der Waals surface area contributed by atoms with Gasteiger partial charge in [0.1, 0.15) is 0 Å². The van der Waals surface area contributed by atoms with Gasteiger partial charge in [-0.1, -0.05) is 19.1 Å². The van der Waals surface area contributed by atoms with E-state index in [1.807, 2.05) is 6.07 Å². The molecule has 3 nitrogen and oxygen atoms in total. The van der Waals surface area contributed by atoms with Gasteiger partial charge in [-0.05, 0) is 12.1 Å². The van der Waals surface area contributed by atoms with E-state index in [1.54, 1.807) is 32.2 Å². The van der Waals surface area contributed by atoms with E-state index in [-0.39, 0.29) is 18.4 Å². The largest absolute Gasteiger partial charge is 0.493 e. The molecule has 0 radical (unpaired) electrons. The van der Waals surface area contributed by atoms with Gasteiger partial charge in [0.25, 0.3) is 0 Å². The Morgan fingerprint density at radius 2 is 1.86 bits per heavy atom. The van der Waals surface area contributed by atoms with Crippen LogP contribution in [0.3, 0.4) is 0 Å². The zero-order valence-corrected chi connectivity index (χ0v) is 8.97. The minimum Gasteiger partial charge on any atom is -0.493 e. The summed E-state index contributed by atoms with van der Waals surface area (Å²) in [6, 6.07) is 7.06. The van der Waals surface area contributed by atoms with E-state index >= 15 is 0 Å². The number of rotatable bonds is 3. The van der Waals surface area contributed by atoms with Gasteiger partial charge in [0, 0.05) is 6.42 Å². The molecule has 0 saturated carbocycles. The molecular weight excluding hydrogens is 204 g/mol. The molecule has 0 spiro atoms. The van der Waals surface area contributed by atoms with Gasteiger partial charge in [0.15, 0.2) is 11.5 Å². The van der Waals surface area contributed by atoms with Crippen LogP contribution in [0.4, 0.5) is 0 Å².